The SMILES string of the molecule is N=C(N)NOCC[C@H](NC(CC(=O)O)C(=O)O)C(=O)O. The molecular formula is C9H16N4O7. The van der Waals surface area contributed by atoms with E-state index in [1.54, 1.807) is 0 Å². The number of guanidine groups is 1. The van der Waals surface area contributed by atoms with Gasteiger partial charge < -0.3 is 21.1 Å². The minimum absolute atomic E-state index is 0.154. The number of hydrogen-bond donors (Lipinski definition) is 7. The lowest BCUT2D eigenvalue weighted by molar-refractivity contribution is -0.148. The molecule has 0 aromatic rings. The van der Waals surface area contributed by atoms with Crippen molar-refractivity contribution in [1.82, 2.24) is 10.8 Å². The normalized spacial score (nSPS) is 13.2. The van der Waals surface area contributed by atoms with E-state index >= 15 is 0 Å². The van der Waals surface area contributed by atoms with Crippen molar-refractivity contribution in [3.8, 4) is 0 Å². The Balaban J connectivity index is 4.42. The molecule has 0 aromatic heterocycles. The molecule has 0 rings (SSSR count). The van der Waals surface area contributed by atoms with Crippen molar-refractivity contribution in [2.75, 3.05) is 6.61 Å². The maximum atomic E-state index is 10.9. The molecule has 0 saturated heterocycles. The number of carboxylic acids is 3. The molecule has 1 unspecified atom stereocenters. The number of aliphatic carboxylic acids is 3. The molecule has 0 aliphatic rings. The summed E-state index contributed by atoms with van der Waals surface area (Å²) in [5.74, 6) is -4.67. The largest absolute Gasteiger partial charge is 0.481 e. The molecule has 11 nitrogen and oxygen atoms in total. The Hall–Kier alpha value is -2.40. The highest BCUT2D eigenvalue weighted by Gasteiger charge is 2.27. The van der Waals surface area contributed by atoms with E-state index in [2.05, 4.69) is 10.2 Å². The molecule has 20 heavy (non-hydrogen) atoms. The van der Waals surface area contributed by atoms with Gasteiger partial charge in [0.1, 0.15) is 12.1 Å². The Bertz CT molecular complexity index is 386. The van der Waals surface area contributed by atoms with Crippen LogP contribution in [0.1, 0.15) is 12.8 Å². The number of nitrogens with two attached hydrogens (primary N) is 1. The summed E-state index contributed by atoms with van der Waals surface area (Å²) in [6.07, 6.45) is -0.912. The summed E-state index contributed by atoms with van der Waals surface area (Å²) in [6.45, 7) is -0.178. The summed E-state index contributed by atoms with van der Waals surface area (Å²) < 4.78 is 0. The number of hydrogen-bond acceptors (Lipinski definition) is 6. The van der Waals surface area contributed by atoms with Gasteiger partial charge >= 0.3 is 17.9 Å². The molecule has 0 aromatic carbocycles. The maximum absolute atomic E-state index is 10.9. The standard InChI is InChI=1S/C9H16N4O7/c10-9(11)13-20-2-1-4(7(16)17)12-5(8(18)19)3-6(14)15/h4-5,12H,1-3H2,(H,14,15)(H,16,17)(H,18,19)(H4,10,11,13)/t4-,5?/m0/s1. The number of nitrogens with one attached hydrogen (secondary N) is 3. The fourth-order valence-electron chi connectivity index (χ4n) is 1.22. The van der Waals surface area contributed by atoms with Crippen molar-refractivity contribution < 1.29 is 34.5 Å². The Morgan fingerprint density at radius 3 is 2.10 bits per heavy atom. The van der Waals surface area contributed by atoms with Gasteiger partial charge in [0, 0.05) is 0 Å². The second-order valence-corrected chi connectivity index (χ2v) is 3.70. The lowest BCUT2D eigenvalue weighted by Gasteiger charge is -2.19. The Kier molecular flexibility index (Phi) is 7.62. The van der Waals surface area contributed by atoms with Gasteiger partial charge in [0.15, 0.2) is 0 Å². The van der Waals surface area contributed by atoms with Crippen LogP contribution in [-0.2, 0) is 19.2 Å². The topological polar surface area (TPSA) is 195 Å². The second-order valence-electron chi connectivity index (χ2n) is 3.70. The predicted molar refractivity (Wildman–Crippen MR) is 63.9 cm³/mol. The third-order valence-electron chi connectivity index (χ3n) is 2.07. The van der Waals surface area contributed by atoms with Crippen LogP contribution in [0.25, 0.3) is 0 Å². The van der Waals surface area contributed by atoms with Gasteiger partial charge in [0.25, 0.3) is 0 Å². The van der Waals surface area contributed by atoms with Crippen LogP contribution in [0.5, 0.6) is 0 Å². The summed E-state index contributed by atoms with van der Waals surface area (Å²) in [6, 6.07) is -2.85. The number of hydroxylamine groups is 1. The summed E-state index contributed by atoms with van der Waals surface area (Å²) in [4.78, 5) is 36.8. The zero-order valence-corrected chi connectivity index (χ0v) is 10.3. The molecule has 11 heteroatoms. The average molecular weight is 292 g/mol. The predicted octanol–water partition coefficient (Wildman–Crippen LogP) is -2.24. The van der Waals surface area contributed by atoms with Gasteiger partial charge in [0.2, 0.25) is 5.96 Å². The highest BCUT2D eigenvalue weighted by Crippen LogP contribution is 2.00. The van der Waals surface area contributed by atoms with E-state index in [0.717, 1.165) is 0 Å². The van der Waals surface area contributed by atoms with Gasteiger partial charge in [-0.15, -0.1) is 0 Å². The van der Waals surface area contributed by atoms with Crippen LogP contribution in [0.2, 0.25) is 0 Å². The van der Waals surface area contributed by atoms with Gasteiger partial charge in [-0.1, -0.05) is 0 Å². The van der Waals surface area contributed by atoms with Crippen LogP contribution in [0.3, 0.4) is 0 Å². The molecule has 0 fully saturated rings. The van der Waals surface area contributed by atoms with Gasteiger partial charge in [0.05, 0.1) is 13.0 Å². The first-order valence-electron chi connectivity index (χ1n) is 5.39. The Labute approximate surface area is 113 Å². The minimum atomic E-state index is -1.53. The molecule has 0 saturated carbocycles. The summed E-state index contributed by atoms with van der Waals surface area (Å²) >= 11 is 0. The summed E-state index contributed by atoms with van der Waals surface area (Å²) in [5.41, 5.74) is 6.89. The summed E-state index contributed by atoms with van der Waals surface area (Å²) in [7, 11) is 0. The number of carboxylic acid groups (broad SMARTS) is 3. The van der Waals surface area contributed by atoms with Crippen LogP contribution >= 0.6 is 0 Å². The minimum Gasteiger partial charge on any atom is -0.481 e. The van der Waals surface area contributed by atoms with Crippen molar-refractivity contribution in [2.24, 2.45) is 5.73 Å². The van der Waals surface area contributed by atoms with E-state index in [9.17, 15) is 14.4 Å². The van der Waals surface area contributed by atoms with E-state index < -0.39 is 42.4 Å². The van der Waals surface area contributed by atoms with Crippen molar-refractivity contribution in [2.45, 2.75) is 24.9 Å². The van der Waals surface area contributed by atoms with Crippen LogP contribution in [0, 0.1) is 5.41 Å². The van der Waals surface area contributed by atoms with Gasteiger partial charge in [-0.25, -0.2) is 5.48 Å². The third kappa shape index (κ3) is 7.84. The van der Waals surface area contributed by atoms with E-state index in [-0.39, 0.29) is 13.0 Å². The van der Waals surface area contributed by atoms with Crippen molar-refractivity contribution in [3.63, 3.8) is 0 Å². The molecule has 0 aliphatic carbocycles. The number of rotatable bonds is 10. The van der Waals surface area contributed by atoms with E-state index in [4.69, 9.17) is 26.5 Å². The smallest absolute Gasteiger partial charge is 0.321 e. The Morgan fingerprint density at radius 1 is 1.15 bits per heavy atom. The quantitative estimate of drug-likeness (QED) is 0.100. The molecule has 0 heterocycles. The molecule has 2 atom stereocenters. The molecule has 0 bridgehead atoms. The maximum Gasteiger partial charge on any atom is 0.321 e. The third-order valence-corrected chi connectivity index (χ3v) is 2.07. The van der Waals surface area contributed by atoms with E-state index in [1.165, 1.54) is 0 Å². The lowest BCUT2D eigenvalue weighted by Crippen LogP contribution is -2.48. The van der Waals surface area contributed by atoms with Gasteiger partial charge in [-0.2, -0.15) is 0 Å². The first-order chi connectivity index (χ1) is 9.23. The van der Waals surface area contributed by atoms with Crippen LogP contribution in [0.15, 0.2) is 0 Å². The molecule has 8 N–H and O–H groups in total. The highest BCUT2D eigenvalue weighted by atomic mass is 16.6. The highest BCUT2D eigenvalue weighted by molar-refractivity contribution is 5.82. The van der Waals surface area contributed by atoms with Crippen molar-refractivity contribution in [3.05, 3.63) is 0 Å². The second kappa shape index (κ2) is 8.66. The van der Waals surface area contributed by atoms with Crippen LogP contribution in [0.4, 0.5) is 0 Å². The Morgan fingerprint density at radius 2 is 1.70 bits per heavy atom. The van der Waals surface area contributed by atoms with Gasteiger partial charge in [-0.05, 0) is 6.42 Å². The molecule has 0 spiro atoms. The van der Waals surface area contributed by atoms with Crippen molar-refractivity contribution >= 4 is 23.9 Å². The first kappa shape index (κ1) is 17.6. The lowest BCUT2D eigenvalue weighted by atomic mass is 10.1. The average Bonchev–Trinajstić information content (AvgIpc) is 2.30. The molecule has 114 valence electrons. The van der Waals surface area contributed by atoms with E-state index in [1.807, 2.05) is 5.48 Å². The molecular weight excluding hydrogens is 276 g/mol. The van der Waals surface area contributed by atoms with Crippen molar-refractivity contribution in [1.29, 1.82) is 5.41 Å². The fraction of sp³-hybridized carbons (Fsp3) is 0.556. The molecule has 0 aliphatic heterocycles. The summed E-state index contributed by atoms with van der Waals surface area (Å²) in [5, 5.41) is 35.2. The zero-order chi connectivity index (χ0) is 15.7. The fourth-order valence-corrected chi connectivity index (χ4v) is 1.22. The first-order valence-corrected chi connectivity index (χ1v) is 5.39. The molecule has 0 radical (unpaired) electrons. The number of carbonyl (C=O) groups is 3. The van der Waals surface area contributed by atoms with Gasteiger partial charge in [-0.3, -0.25) is 29.9 Å². The van der Waals surface area contributed by atoms with E-state index in [0.29, 0.717) is 0 Å². The van der Waals surface area contributed by atoms with Crippen LogP contribution in [-0.4, -0.2) is 57.9 Å². The van der Waals surface area contributed by atoms with Crippen LogP contribution < -0.4 is 16.5 Å². The molecule has 0 amide bonds. The monoisotopic (exact) mass is 292 g/mol. The zero-order valence-electron chi connectivity index (χ0n) is 10.3.